The summed E-state index contributed by atoms with van der Waals surface area (Å²) in [4.78, 5) is 51.1. The number of hydrogen-bond acceptors (Lipinski definition) is 10. The second kappa shape index (κ2) is 11.3. The fourth-order valence-electron chi connectivity index (χ4n) is 2.71. The Morgan fingerprint density at radius 3 is 1.28 bits per heavy atom. The normalized spacial score (nSPS) is 25.5. The largest absolute Gasteiger partial charge is 0.462 e. The van der Waals surface area contributed by atoms with Crippen molar-refractivity contribution in [2.45, 2.75) is 113 Å². The van der Waals surface area contributed by atoms with E-state index in [1.807, 2.05) is 0 Å². The molecule has 0 aromatic carbocycles. The van der Waals surface area contributed by atoms with E-state index in [9.17, 15) is 19.2 Å². The van der Waals surface area contributed by atoms with Crippen LogP contribution in [0.15, 0.2) is 0 Å². The molecule has 5 atom stereocenters. The first kappa shape index (κ1) is 32.2. The highest BCUT2D eigenvalue weighted by Gasteiger charge is 2.53. The van der Waals surface area contributed by atoms with Gasteiger partial charge in [-0.3, -0.25) is 19.2 Å². The van der Waals surface area contributed by atoms with Gasteiger partial charge in [-0.05, 0) is 83.1 Å². The lowest BCUT2D eigenvalue weighted by Gasteiger charge is -2.45. The van der Waals surface area contributed by atoms with Gasteiger partial charge in [0, 0.05) is 0 Å². The van der Waals surface area contributed by atoms with Gasteiger partial charge in [0.2, 0.25) is 0 Å². The summed E-state index contributed by atoms with van der Waals surface area (Å²) in [6, 6.07) is 0. The van der Waals surface area contributed by atoms with E-state index in [-0.39, 0.29) is 6.61 Å². The summed E-state index contributed by atoms with van der Waals surface area (Å²) in [6.45, 7) is 19.8. The second-order valence-corrected chi connectivity index (χ2v) is 13.8. The van der Waals surface area contributed by atoms with Crippen molar-refractivity contribution < 1.29 is 42.9 Å². The monoisotopic (exact) mass is 532 g/mol. The van der Waals surface area contributed by atoms with Gasteiger partial charge in [0.15, 0.2) is 18.3 Å². The maximum atomic E-state index is 12.9. The van der Waals surface area contributed by atoms with Gasteiger partial charge in [0.25, 0.3) is 0 Å². The SMILES string of the molecule is CC(C)(C)C(=O)OC[C@H]1O[C@@H](S)[C@H](OC(=O)C(C)(C)C)[C@@H](OC(=O)C(C)(C)C)[C@@H]1OC(=O)C(C)(C)C. The molecule has 1 heterocycles. The van der Waals surface area contributed by atoms with Crippen molar-refractivity contribution in [1.29, 1.82) is 0 Å². The topological polar surface area (TPSA) is 114 Å². The summed E-state index contributed by atoms with van der Waals surface area (Å²) in [5.41, 5.74) is -4.52. The highest BCUT2D eigenvalue weighted by atomic mass is 32.1. The molecular weight excluding hydrogens is 488 g/mol. The lowest BCUT2D eigenvalue weighted by atomic mass is 9.93. The Kier molecular flexibility index (Phi) is 10.1. The van der Waals surface area contributed by atoms with Gasteiger partial charge in [0.05, 0.1) is 21.7 Å². The van der Waals surface area contributed by atoms with E-state index in [4.69, 9.17) is 23.7 Å². The maximum absolute atomic E-state index is 12.9. The average molecular weight is 533 g/mol. The highest BCUT2D eigenvalue weighted by Crippen LogP contribution is 2.35. The quantitative estimate of drug-likeness (QED) is 0.317. The number of carbonyl (C=O) groups is 4. The number of thiol groups is 1. The van der Waals surface area contributed by atoms with Gasteiger partial charge in [0.1, 0.15) is 18.1 Å². The van der Waals surface area contributed by atoms with E-state index < -0.39 is 75.4 Å². The molecule has 1 saturated heterocycles. The van der Waals surface area contributed by atoms with Crippen molar-refractivity contribution in [3.8, 4) is 0 Å². The molecule has 0 bridgehead atoms. The van der Waals surface area contributed by atoms with Gasteiger partial charge in [-0.2, -0.15) is 0 Å². The Morgan fingerprint density at radius 1 is 0.583 bits per heavy atom. The first-order chi connectivity index (χ1) is 16.0. The average Bonchev–Trinajstić information content (AvgIpc) is 2.67. The summed E-state index contributed by atoms with van der Waals surface area (Å²) in [5.74, 6) is -2.27. The van der Waals surface area contributed by atoms with E-state index in [0.29, 0.717) is 0 Å². The third-order valence-electron chi connectivity index (χ3n) is 5.17. The van der Waals surface area contributed by atoms with Crippen molar-refractivity contribution in [2.75, 3.05) is 6.61 Å². The minimum atomic E-state index is -1.26. The van der Waals surface area contributed by atoms with Gasteiger partial charge in [-0.15, -0.1) is 12.6 Å². The smallest absolute Gasteiger partial charge is 0.311 e. The van der Waals surface area contributed by atoms with Crippen molar-refractivity contribution in [3.05, 3.63) is 0 Å². The molecule has 1 rings (SSSR count). The van der Waals surface area contributed by atoms with Gasteiger partial charge >= 0.3 is 23.9 Å². The molecule has 0 amide bonds. The van der Waals surface area contributed by atoms with Gasteiger partial charge < -0.3 is 23.7 Å². The van der Waals surface area contributed by atoms with Crippen LogP contribution in [0.4, 0.5) is 0 Å². The highest BCUT2D eigenvalue weighted by molar-refractivity contribution is 7.80. The molecule has 0 aliphatic carbocycles. The third-order valence-corrected chi connectivity index (χ3v) is 5.58. The van der Waals surface area contributed by atoms with Crippen LogP contribution in [0.5, 0.6) is 0 Å². The van der Waals surface area contributed by atoms with Crippen molar-refractivity contribution in [1.82, 2.24) is 0 Å². The Balaban J connectivity index is 3.50. The first-order valence-corrected chi connectivity index (χ1v) is 12.6. The van der Waals surface area contributed by atoms with Gasteiger partial charge in [-0.25, -0.2) is 0 Å². The molecule has 1 aliphatic heterocycles. The molecule has 0 spiro atoms. The van der Waals surface area contributed by atoms with Crippen molar-refractivity contribution in [2.24, 2.45) is 21.7 Å². The van der Waals surface area contributed by atoms with Crippen LogP contribution in [0.25, 0.3) is 0 Å². The van der Waals surface area contributed by atoms with Crippen LogP contribution in [-0.4, -0.2) is 60.3 Å². The summed E-state index contributed by atoms with van der Waals surface area (Å²) in [5, 5.41) is 0. The lowest BCUT2D eigenvalue weighted by Crippen LogP contribution is -2.62. The minimum Gasteiger partial charge on any atom is -0.462 e. The van der Waals surface area contributed by atoms with Crippen LogP contribution < -0.4 is 0 Å². The molecule has 0 N–H and O–H groups in total. The van der Waals surface area contributed by atoms with Crippen molar-refractivity contribution in [3.63, 3.8) is 0 Å². The Labute approximate surface area is 220 Å². The predicted octanol–water partition coefficient (Wildman–Crippen LogP) is 4.10. The molecule has 1 aliphatic rings. The molecular formula is C26H44O9S. The molecule has 0 saturated carbocycles. The van der Waals surface area contributed by atoms with E-state index in [1.165, 1.54) is 0 Å². The molecule has 0 aromatic heterocycles. The third kappa shape index (κ3) is 8.94. The number of rotatable bonds is 5. The summed E-state index contributed by atoms with van der Waals surface area (Å²) >= 11 is 4.46. The first-order valence-electron chi connectivity index (χ1n) is 12.1. The fraction of sp³-hybridized carbons (Fsp3) is 0.846. The second-order valence-electron chi connectivity index (χ2n) is 13.3. The molecule has 9 nitrogen and oxygen atoms in total. The van der Waals surface area contributed by atoms with E-state index in [1.54, 1.807) is 83.1 Å². The number of hydrogen-bond donors (Lipinski definition) is 1. The Morgan fingerprint density at radius 2 is 0.917 bits per heavy atom. The van der Waals surface area contributed by atoms with E-state index in [2.05, 4.69) is 12.6 Å². The fourth-order valence-corrected chi connectivity index (χ4v) is 3.09. The standard InChI is InChI=1S/C26H44O9S/c1-23(2,3)19(27)31-13-14-15(33-20(28)24(4,5)6)16(34-21(29)25(7,8)9)17(18(36)32-14)35-22(30)26(10,11)12/h14-18,36H,13H2,1-12H3/t14-,15-,16+,17-,18+/m1/s1. The Hall–Kier alpha value is -1.81. The molecule has 0 aromatic rings. The zero-order valence-corrected chi connectivity index (χ0v) is 24.6. The van der Waals surface area contributed by atoms with Crippen LogP contribution >= 0.6 is 12.6 Å². The molecule has 0 radical (unpaired) electrons. The lowest BCUT2D eigenvalue weighted by molar-refractivity contribution is -0.246. The molecule has 1 fully saturated rings. The van der Waals surface area contributed by atoms with Crippen LogP contribution in [0.1, 0.15) is 83.1 Å². The Bertz CT molecular complexity index is 824. The zero-order valence-electron chi connectivity index (χ0n) is 23.7. The number of esters is 4. The van der Waals surface area contributed by atoms with Crippen LogP contribution in [0.3, 0.4) is 0 Å². The predicted molar refractivity (Wildman–Crippen MR) is 136 cm³/mol. The number of ether oxygens (including phenoxy) is 5. The molecule has 0 unspecified atom stereocenters. The van der Waals surface area contributed by atoms with E-state index >= 15 is 0 Å². The van der Waals surface area contributed by atoms with Crippen molar-refractivity contribution >= 4 is 36.5 Å². The molecule has 36 heavy (non-hydrogen) atoms. The maximum Gasteiger partial charge on any atom is 0.311 e. The van der Waals surface area contributed by atoms with Gasteiger partial charge in [-0.1, -0.05) is 0 Å². The van der Waals surface area contributed by atoms with E-state index in [0.717, 1.165) is 0 Å². The van der Waals surface area contributed by atoms with Crippen LogP contribution in [0, 0.1) is 21.7 Å². The van der Waals surface area contributed by atoms with Crippen LogP contribution in [0.2, 0.25) is 0 Å². The summed E-state index contributed by atoms with van der Waals surface area (Å²) in [6.07, 6.45) is -4.73. The molecule has 208 valence electrons. The minimum absolute atomic E-state index is 0.293. The van der Waals surface area contributed by atoms with Crippen LogP contribution in [-0.2, 0) is 42.9 Å². The molecule has 10 heteroatoms. The summed E-state index contributed by atoms with van der Waals surface area (Å²) in [7, 11) is 0. The zero-order chi connectivity index (χ0) is 28.4. The number of carbonyl (C=O) groups excluding carboxylic acids is 4. The summed E-state index contributed by atoms with van der Waals surface area (Å²) < 4.78 is 28.7.